The van der Waals surface area contributed by atoms with Gasteiger partial charge in [-0.25, -0.2) is 0 Å². The molecule has 5 nitrogen and oxygen atoms in total. The van der Waals surface area contributed by atoms with E-state index in [1.54, 1.807) is 0 Å². The Kier molecular flexibility index (Phi) is 3.39. The summed E-state index contributed by atoms with van der Waals surface area (Å²) in [5, 5.41) is 8.61. The maximum atomic E-state index is 11.3. The number of carbonyl (C=O) groups excluding carboxylic acids is 2. The average Bonchev–Trinajstić information content (AvgIpc) is 2.51. The van der Waals surface area contributed by atoms with Crippen molar-refractivity contribution in [2.75, 3.05) is 13.2 Å². The second-order valence-corrected chi connectivity index (χ2v) is 3.19. The molecule has 0 spiro atoms. The number of hydrogen-bond acceptors (Lipinski definition) is 4. The summed E-state index contributed by atoms with van der Waals surface area (Å²) in [6.07, 6.45) is 1.22. The van der Waals surface area contributed by atoms with Crippen molar-refractivity contribution in [2.45, 2.75) is 25.3 Å². The van der Waals surface area contributed by atoms with E-state index in [1.165, 1.54) is 4.90 Å². The van der Waals surface area contributed by atoms with Crippen molar-refractivity contribution < 1.29 is 14.7 Å². The van der Waals surface area contributed by atoms with Gasteiger partial charge in [0.15, 0.2) is 0 Å². The summed E-state index contributed by atoms with van der Waals surface area (Å²) in [6.45, 7) is 0.267. The van der Waals surface area contributed by atoms with E-state index in [4.69, 9.17) is 10.8 Å². The average molecular weight is 186 g/mol. The van der Waals surface area contributed by atoms with Gasteiger partial charge in [0.25, 0.3) is 0 Å². The Morgan fingerprint density at radius 1 is 1.69 bits per heavy atom. The lowest BCUT2D eigenvalue weighted by Crippen LogP contribution is -2.37. The van der Waals surface area contributed by atoms with E-state index in [9.17, 15) is 9.59 Å². The van der Waals surface area contributed by atoms with Crippen molar-refractivity contribution in [1.29, 1.82) is 0 Å². The highest BCUT2D eigenvalue weighted by Gasteiger charge is 2.26. The molecule has 1 heterocycles. The van der Waals surface area contributed by atoms with Gasteiger partial charge >= 0.3 is 0 Å². The predicted octanol–water partition coefficient (Wildman–Crippen LogP) is -1.15. The molecule has 0 saturated carbocycles. The first-order valence-corrected chi connectivity index (χ1v) is 4.34. The van der Waals surface area contributed by atoms with Gasteiger partial charge in [0.05, 0.1) is 6.61 Å². The minimum atomic E-state index is -0.555. The van der Waals surface area contributed by atoms with E-state index >= 15 is 0 Å². The van der Waals surface area contributed by atoms with Crippen LogP contribution in [0.15, 0.2) is 0 Å². The Morgan fingerprint density at radius 2 is 2.38 bits per heavy atom. The molecule has 0 bridgehead atoms. The Labute approximate surface area is 76.5 Å². The summed E-state index contributed by atoms with van der Waals surface area (Å²) in [6, 6.07) is -0.555. The highest BCUT2D eigenvalue weighted by atomic mass is 16.3. The van der Waals surface area contributed by atoms with Crippen LogP contribution in [0.1, 0.15) is 19.3 Å². The lowest BCUT2D eigenvalue weighted by atomic mass is 10.2. The third-order valence-corrected chi connectivity index (χ3v) is 2.05. The van der Waals surface area contributed by atoms with Gasteiger partial charge in [-0.2, -0.15) is 0 Å². The molecule has 2 amide bonds. The molecule has 0 aliphatic carbocycles. The van der Waals surface area contributed by atoms with E-state index in [-0.39, 0.29) is 24.8 Å². The maximum absolute atomic E-state index is 11.3. The molecule has 0 aromatic rings. The fourth-order valence-corrected chi connectivity index (χ4v) is 1.31. The van der Waals surface area contributed by atoms with Gasteiger partial charge in [0.1, 0.15) is 0 Å². The SMILES string of the molecule is N[C@@H](CO)CC(=O)N1CCCC1=O. The molecular weight excluding hydrogens is 172 g/mol. The number of nitrogens with two attached hydrogens (primary N) is 1. The summed E-state index contributed by atoms with van der Waals surface area (Å²) >= 11 is 0. The standard InChI is InChI=1S/C8H14N2O3/c9-6(5-11)4-8(13)10-3-1-2-7(10)12/h6,11H,1-5,9H2/t6-/m1/s1. The minimum Gasteiger partial charge on any atom is -0.395 e. The number of aliphatic hydroxyl groups is 1. The Bertz CT molecular complexity index is 217. The molecule has 1 aliphatic heterocycles. The summed E-state index contributed by atoms with van der Waals surface area (Å²) in [5.74, 6) is -0.404. The van der Waals surface area contributed by atoms with E-state index < -0.39 is 6.04 Å². The van der Waals surface area contributed by atoms with Crippen molar-refractivity contribution in [2.24, 2.45) is 5.73 Å². The molecule has 1 saturated heterocycles. The molecule has 0 unspecified atom stereocenters. The van der Waals surface area contributed by atoms with E-state index in [0.29, 0.717) is 13.0 Å². The quantitative estimate of drug-likeness (QED) is 0.582. The van der Waals surface area contributed by atoms with Crippen LogP contribution in [0.5, 0.6) is 0 Å². The molecule has 74 valence electrons. The molecule has 1 aliphatic rings. The van der Waals surface area contributed by atoms with Crippen LogP contribution >= 0.6 is 0 Å². The third kappa shape index (κ3) is 2.50. The summed E-state index contributed by atoms with van der Waals surface area (Å²) < 4.78 is 0. The smallest absolute Gasteiger partial charge is 0.230 e. The minimum absolute atomic E-state index is 0.0439. The second-order valence-electron chi connectivity index (χ2n) is 3.19. The van der Waals surface area contributed by atoms with Gasteiger partial charge in [-0.1, -0.05) is 0 Å². The lowest BCUT2D eigenvalue weighted by molar-refractivity contribution is -0.142. The van der Waals surface area contributed by atoms with Crippen LogP contribution in [-0.4, -0.2) is 41.0 Å². The summed E-state index contributed by atoms with van der Waals surface area (Å²) in [5.41, 5.74) is 5.38. The molecule has 0 aromatic carbocycles. The molecule has 1 atom stereocenters. The van der Waals surface area contributed by atoms with Gasteiger partial charge < -0.3 is 10.8 Å². The number of carbonyl (C=O) groups is 2. The fourth-order valence-electron chi connectivity index (χ4n) is 1.31. The first-order chi connectivity index (χ1) is 6.15. The zero-order valence-corrected chi connectivity index (χ0v) is 7.40. The highest BCUT2D eigenvalue weighted by molar-refractivity contribution is 5.96. The highest BCUT2D eigenvalue weighted by Crippen LogP contribution is 2.11. The van der Waals surface area contributed by atoms with Crippen LogP contribution in [0.3, 0.4) is 0 Å². The van der Waals surface area contributed by atoms with Crippen LogP contribution in [0.2, 0.25) is 0 Å². The van der Waals surface area contributed by atoms with Crippen molar-refractivity contribution in [1.82, 2.24) is 4.90 Å². The molecule has 1 fully saturated rings. The number of amides is 2. The van der Waals surface area contributed by atoms with Gasteiger partial charge in [-0.15, -0.1) is 0 Å². The van der Waals surface area contributed by atoms with E-state index in [0.717, 1.165) is 6.42 Å². The largest absolute Gasteiger partial charge is 0.395 e. The van der Waals surface area contributed by atoms with Gasteiger partial charge in [-0.05, 0) is 6.42 Å². The van der Waals surface area contributed by atoms with Crippen LogP contribution in [0.25, 0.3) is 0 Å². The first kappa shape index (κ1) is 10.1. The van der Waals surface area contributed by atoms with Crippen LogP contribution in [0, 0.1) is 0 Å². The zero-order chi connectivity index (χ0) is 9.84. The molecular formula is C8H14N2O3. The summed E-state index contributed by atoms with van der Waals surface area (Å²) in [7, 11) is 0. The first-order valence-electron chi connectivity index (χ1n) is 4.34. The topological polar surface area (TPSA) is 83.6 Å². The van der Waals surface area contributed by atoms with Crippen molar-refractivity contribution >= 4 is 11.8 Å². The zero-order valence-electron chi connectivity index (χ0n) is 7.40. The van der Waals surface area contributed by atoms with Gasteiger partial charge in [-0.3, -0.25) is 14.5 Å². The predicted molar refractivity (Wildman–Crippen MR) is 45.6 cm³/mol. The van der Waals surface area contributed by atoms with Crippen molar-refractivity contribution in [3.63, 3.8) is 0 Å². The monoisotopic (exact) mass is 186 g/mol. The molecule has 0 radical (unpaired) electrons. The normalized spacial score (nSPS) is 19.2. The summed E-state index contributed by atoms with van der Waals surface area (Å²) in [4.78, 5) is 23.6. The number of rotatable bonds is 3. The molecule has 5 heteroatoms. The number of hydrogen-bond donors (Lipinski definition) is 2. The third-order valence-electron chi connectivity index (χ3n) is 2.05. The van der Waals surface area contributed by atoms with E-state index in [2.05, 4.69) is 0 Å². The molecule has 1 rings (SSSR count). The maximum Gasteiger partial charge on any atom is 0.230 e. The van der Waals surface area contributed by atoms with Crippen LogP contribution < -0.4 is 5.73 Å². The van der Waals surface area contributed by atoms with Crippen LogP contribution in [0.4, 0.5) is 0 Å². The lowest BCUT2D eigenvalue weighted by Gasteiger charge is -2.15. The number of nitrogens with zero attached hydrogens (tertiary/aromatic N) is 1. The number of imide groups is 1. The number of aliphatic hydroxyl groups excluding tert-OH is 1. The molecule has 0 aromatic heterocycles. The molecule has 13 heavy (non-hydrogen) atoms. The van der Waals surface area contributed by atoms with Crippen molar-refractivity contribution in [3.05, 3.63) is 0 Å². The molecule has 3 N–H and O–H groups in total. The van der Waals surface area contributed by atoms with Crippen LogP contribution in [-0.2, 0) is 9.59 Å². The fraction of sp³-hybridized carbons (Fsp3) is 0.750. The Morgan fingerprint density at radius 3 is 2.85 bits per heavy atom. The Balaban J connectivity index is 2.43. The Hall–Kier alpha value is -0.940. The van der Waals surface area contributed by atoms with Crippen molar-refractivity contribution in [3.8, 4) is 0 Å². The number of likely N-dealkylation sites (tertiary alicyclic amines) is 1. The van der Waals surface area contributed by atoms with Gasteiger partial charge in [0, 0.05) is 25.4 Å². The van der Waals surface area contributed by atoms with Gasteiger partial charge in [0.2, 0.25) is 11.8 Å². The van der Waals surface area contributed by atoms with E-state index in [1.807, 2.05) is 0 Å². The second kappa shape index (κ2) is 4.34.